The van der Waals surface area contributed by atoms with Crippen LogP contribution in [0, 0.1) is 5.92 Å². The van der Waals surface area contributed by atoms with Crippen LogP contribution in [0.25, 0.3) is 0 Å². The van der Waals surface area contributed by atoms with Crippen molar-refractivity contribution in [1.29, 1.82) is 0 Å². The van der Waals surface area contributed by atoms with E-state index >= 15 is 0 Å². The smallest absolute Gasteiger partial charge is 0.128 e. The molecule has 1 N–H and O–H groups in total. The minimum Gasteiger partial charge on any atom is -0.321 e. The highest BCUT2D eigenvalue weighted by Gasteiger charge is 2.16. The minimum absolute atomic E-state index is 0.694. The van der Waals surface area contributed by atoms with Crippen LogP contribution in [-0.4, -0.2) is 41.1 Å². The molecule has 0 amide bonds. The highest BCUT2D eigenvalue weighted by atomic mass is 35.5. The lowest BCUT2D eigenvalue weighted by atomic mass is 9.98. The molecular weight excluding hydrogens is 236 g/mol. The number of imidazole rings is 1. The molecule has 2 heterocycles. The van der Waals surface area contributed by atoms with Gasteiger partial charge in [0.05, 0.1) is 12.7 Å². The first-order chi connectivity index (χ1) is 8.16. The van der Waals surface area contributed by atoms with Gasteiger partial charge >= 0.3 is 0 Å². The summed E-state index contributed by atoms with van der Waals surface area (Å²) in [5.41, 5.74) is 0. The molecule has 1 aliphatic heterocycles. The second-order valence-corrected chi connectivity index (χ2v) is 5.34. The Morgan fingerprint density at radius 1 is 1.53 bits per heavy atom. The Bertz CT molecular complexity index is 363. The summed E-state index contributed by atoms with van der Waals surface area (Å²) < 4.78 is 1.92. The molecule has 0 aromatic carbocycles. The predicted molar refractivity (Wildman–Crippen MR) is 70.1 cm³/mol. The van der Waals surface area contributed by atoms with Crippen molar-refractivity contribution in [2.45, 2.75) is 19.4 Å². The molecule has 0 aliphatic carbocycles. The van der Waals surface area contributed by atoms with Gasteiger partial charge in [-0.15, -0.1) is 0 Å². The SMILES string of the molecule is CN1CCCC(CNCc2ncc(Cl)n2C)C1. The van der Waals surface area contributed by atoms with Gasteiger partial charge in [-0.1, -0.05) is 11.6 Å². The van der Waals surface area contributed by atoms with Gasteiger partial charge in [-0.25, -0.2) is 4.98 Å². The van der Waals surface area contributed by atoms with E-state index in [0.29, 0.717) is 5.15 Å². The van der Waals surface area contributed by atoms with E-state index in [1.54, 1.807) is 6.20 Å². The number of hydrogen-bond acceptors (Lipinski definition) is 3. The fourth-order valence-corrected chi connectivity index (χ4v) is 2.56. The Labute approximate surface area is 108 Å². The summed E-state index contributed by atoms with van der Waals surface area (Å²) in [6.07, 6.45) is 4.35. The quantitative estimate of drug-likeness (QED) is 0.887. The second kappa shape index (κ2) is 5.85. The summed E-state index contributed by atoms with van der Waals surface area (Å²) in [7, 11) is 4.14. The number of halogens is 1. The maximum atomic E-state index is 5.94. The molecule has 1 aliphatic rings. The van der Waals surface area contributed by atoms with Crippen molar-refractivity contribution in [3.8, 4) is 0 Å². The molecule has 4 nitrogen and oxygen atoms in total. The second-order valence-electron chi connectivity index (χ2n) is 4.96. The first-order valence-corrected chi connectivity index (χ1v) is 6.60. The average molecular weight is 257 g/mol. The van der Waals surface area contributed by atoms with E-state index in [1.807, 2.05) is 11.6 Å². The van der Waals surface area contributed by atoms with Crippen molar-refractivity contribution >= 4 is 11.6 Å². The van der Waals surface area contributed by atoms with E-state index in [4.69, 9.17) is 11.6 Å². The Morgan fingerprint density at radius 2 is 2.35 bits per heavy atom. The fraction of sp³-hybridized carbons (Fsp3) is 0.750. The number of rotatable bonds is 4. The van der Waals surface area contributed by atoms with E-state index in [1.165, 1.54) is 25.9 Å². The Morgan fingerprint density at radius 3 is 3.00 bits per heavy atom. The number of likely N-dealkylation sites (tertiary alicyclic amines) is 1. The van der Waals surface area contributed by atoms with Crippen LogP contribution in [-0.2, 0) is 13.6 Å². The number of piperidine rings is 1. The van der Waals surface area contributed by atoms with E-state index in [0.717, 1.165) is 24.8 Å². The van der Waals surface area contributed by atoms with E-state index in [9.17, 15) is 0 Å². The van der Waals surface area contributed by atoms with E-state index < -0.39 is 0 Å². The molecule has 1 aromatic heterocycles. The zero-order valence-electron chi connectivity index (χ0n) is 10.6. The molecule has 2 rings (SSSR count). The molecule has 17 heavy (non-hydrogen) atoms. The summed E-state index contributed by atoms with van der Waals surface area (Å²) in [5.74, 6) is 1.77. The van der Waals surface area contributed by atoms with E-state index in [-0.39, 0.29) is 0 Å². The van der Waals surface area contributed by atoms with Crippen molar-refractivity contribution in [3.63, 3.8) is 0 Å². The predicted octanol–water partition coefficient (Wildman–Crippen LogP) is 1.50. The third-order valence-corrected chi connectivity index (χ3v) is 3.82. The van der Waals surface area contributed by atoms with Crippen LogP contribution in [0.1, 0.15) is 18.7 Å². The molecule has 0 bridgehead atoms. The van der Waals surface area contributed by atoms with Crippen LogP contribution < -0.4 is 5.32 Å². The van der Waals surface area contributed by atoms with Gasteiger partial charge < -0.3 is 14.8 Å². The van der Waals surface area contributed by atoms with Crippen LogP contribution in [0.3, 0.4) is 0 Å². The third-order valence-electron chi connectivity index (χ3n) is 3.47. The zero-order valence-corrected chi connectivity index (χ0v) is 11.4. The molecule has 1 fully saturated rings. The number of hydrogen-bond donors (Lipinski definition) is 1. The molecule has 5 heteroatoms. The fourth-order valence-electron chi connectivity index (χ4n) is 2.42. The van der Waals surface area contributed by atoms with Gasteiger partial charge in [0.1, 0.15) is 11.0 Å². The average Bonchev–Trinajstić information content (AvgIpc) is 2.61. The van der Waals surface area contributed by atoms with Crippen molar-refractivity contribution in [3.05, 3.63) is 17.2 Å². The highest BCUT2D eigenvalue weighted by molar-refractivity contribution is 6.29. The molecule has 1 atom stereocenters. The first kappa shape index (κ1) is 12.9. The van der Waals surface area contributed by atoms with Crippen molar-refractivity contribution in [2.24, 2.45) is 13.0 Å². The molecule has 0 radical (unpaired) electrons. The molecule has 1 unspecified atom stereocenters. The topological polar surface area (TPSA) is 33.1 Å². The third kappa shape index (κ3) is 3.44. The number of nitrogens with zero attached hydrogens (tertiary/aromatic N) is 3. The van der Waals surface area contributed by atoms with Gasteiger partial charge in [0.25, 0.3) is 0 Å². The summed E-state index contributed by atoms with van der Waals surface area (Å²) in [4.78, 5) is 6.68. The summed E-state index contributed by atoms with van der Waals surface area (Å²) in [6, 6.07) is 0. The molecule has 0 saturated carbocycles. The molecule has 96 valence electrons. The number of nitrogens with one attached hydrogen (secondary N) is 1. The van der Waals surface area contributed by atoms with Gasteiger partial charge in [0.15, 0.2) is 0 Å². The Kier molecular flexibility index (Phi) is 4.42. The van der Waals surface area contributed by atoms with Crippen LogP contribution in [0.4, 0.5) is 0 Å². The van der Waals surface area contributed by atoms with Crippen molar-refractivity contribution in [2.75, 3.05) is 26.7 Å². The zero-order chi connectivity index (χ0) is 12.3. The number of aromatic nitrogens is 2. The molecular formula is C12H21ClN4. The maximum Gasteiger partial charge on any atom is 0.128 e. The Balaban J connectivity index is 1.74. The summed E-state index contributed by atoms with van der Waals surface area (Å²) >= 11 is 5.94. The van der Waals surface area contributed by atoms with Crippen molar-refractivity contribution < 1.29 is 0 Å². The molecule has 1 saturated heterocycles. The normalized spacial score (nSPS) is 21.9. The largest absolute Gasteiger partial charge is 0.321 e. The lowest BCUT2D eigenvalue weighted by molar-refractivity contribution is 0.206. The minimum atomic E-state index is 0.694. The highest BCUT2D eigenvalue weighted by Crippen LogP contribution is 2.14. The Hall–Kier alpha value is -0.580. The van der Waals surface area contributed by atoms with Crippen LogP contribution in [0.15, 0.2) is 6.20 Å². The van der Waals surface area contributed by atoms with Crippen LogP contribution >= 0.6 is 11.6 Å². The summed E-state index contributed by atoms with van der Waals surface area (Å²) in [5, 5.41) is 4.17. The van der Waals surface area contributed by atoms with Gasteiger partial charge in [-0.3, -0.25) is 0 Å². The van der Waals surface area contributed by atoms with Gasteiger partial charge in [0.2, 0.25) is 0 Å². The van der Waals surface area contributed by atoms with Gasteiger partial charge in [0, 0.05) is 13.6 Å². The lowest BCUT2D eigenvalue weighted by Crippen LogP contribution is -2.37. The van der Waals surface area contributed by atoms with Crippen molar-refractivity contribution in [1.82, 2.24) is 19.8 Å². The van der Waals surface area contributed by atoms with Gasteiger partial charge in [-0.05, 0) is 38.9 Å². The molecule has 0 spiro atoms. The van der Waals surface area contributed by atoms with Crippen LogP contribution in [0.2, 0.25) is 5.15 Å². The van der Waals surface area contributed by atoms with E-state index in [2.05, 4.69) is 22.2 Å². The maximum absolute atomic E-state index is 5.94. The summed E-state index contributed by atoms with van der Waals surface area (Å²) in [6.45, 7) is 4.30. The monoisotopic (exact) mass is 256 g/mol. The first-order valence-electron chi connectivity index (χ1n) is 6.22. The standard InChI is InChI=1S/C12H21ClN4/c1-16-5-3-4-10(9-16)6-14-8-12-15-7-11(13)17(12)2/h7,10,14H,3-6,8-9H2,1-2H3. The molecule has 1 aromatic rings. The lowest BCUT2D eigenvalue weighted by Gasteiger charge is -2.29. The van der Waals surface area contributed by atoms with Crippen LogP contribution in [0.5, 0.6) is 0 Å². The van der Waals surface area contributed by atoms with Gasteiger partial charge in [-0.2, -0.15) is 0 Å².